The van der Waals surface area contributed by atoms with E-state index in [0.29, 0.717) is 22.5 Å². The Bertz CT molecular complexity index is 1450. The molecule has 10 nitrogen and oxygen atoms in total. The topological polar surface area (TPSA) is 187 Å². The predicted molar refractivity (Wildman–Crippen MR) is 145 cm³/mol. The minimum Gasteiger partial charge on any atom is -0.507 e. The number of carbonyl (C=O) groups excluding carboxylic acids is 3. The van der Waals surface area contributed by atoms with Crippen molar-refractivity contribution >= 4 is 34.6 Å². The van der Waals surface area contributed by atoms with E-state index in [4.69, 9.17) is 11.5 Å². The maximum absolute atomic E-state index is 13.7. The van der Waals surface area contributed by atoms with Crippen LogP contribution in [0.15, 0.2) is 35.9 Å². The van der Waals surface area contributed by atoms with E-state index in [1.165, 1.54) is 0 Å². The van der Waals surface area contributed by atoms with Gasteiger partial charge in [0.15, 0.2) is 11.4 Å². The van der Waals surface area contributed by atoms with Gasteiger partial charge in [0.25, 0.3) is 0 Å². The second-order valence-corrected chi connectivity index (χ2v) is 10.2. The maximum Gasteiger partial charge on any atom is 0.225 e. The SMILES string of the molecule is CN(C)c1cc(C#Cc2ccc(N)cc2)c(O)c2c1CC1C[C@@H](CCO)[C@@](O)(C(=O)CC(N)=O)C(=O)C1=C2O. The molecule has 2 aliphatic rings. The molecule has 0 aliphatic heterocycles. The Morgan fingerprint density at radius 3 is 2.41 bits per heavy atom. The Balaban J connectivity index is 1.89. The van der Waals surface area contributed by atoms with Gasteiger partial charge in [-0.05, 0) is 61.1 Å². The summed E-state index contributed by atoms with van der Waals surface area (Å²) in [5.74, 6) is 0.181. The van der Waals surface area contributed by atoms with Crippen LogP contribution in [0.4, 0.5) is 11.4 Å². The van der Waals surface area contributed by atoms with E-state index in [1.54, 1.807) is 49.3 Å². The number of nitrogens with zero attached hydrogens (tertiary/aromatic N) is 1. The number of aromatic hydroxyl groups is 1. The number of benzene rings is 2. The number of phenolic OH excluding ortho intramolecular Hbond substituents is 1. The summed E-state index contributed by atoms with van der Waals surface area (Å²) in [6.07, 6.45) is -0.649. The average molecular weight is 534 g/mol. The Morgan fingerprint density at radius 1 is 1.15 bits per heavy atom. The van der Waals surface area contributed by atoms with Crippen LogP contribution in [0.3, 0.4) is 0 Å². The van der Waals surface area contributed by atoms with Crippen LogP contribution in [0.2, 0.25) is 0 Å². The molecule has 0 spiro atoms. The molecule has 0 aromatic heterocycles. The van der Waals surface area contributed by atoms with E-state index in [9.17, 15) is 34.8 Å². The van der Waals surface area contributed by atoms with Gasteiger partial charge < -0.3 is 36.8 Å². The zero-order valence-corrected chi connectivity index (χ0v) is 21.7. The highest BCUT2D eigenvalue weighted by molar-refractivity contribution is 6.23. The molecular formula is C29H31N3O7. The number of rotatable bonds is 6. The van der Waals surface area contributed by atoms with Gasteiger partial charge in [0.2, 0.25) is 11.7 Å². The van der Waals surface area contributed by atoms with E-state index in [0.717, 1.165) is 0 Å². The molecule has 1 amide bonds. The number of nitrogens with two attached hydrogens (primary N) is 2. The number of aliphatic hydroxyl groups is 3. The van der Waals surface area contributed by atoms with Gasteiger partial charge in [0.05, 0.1) is 17.5 Å². The van der Waals surface area contributed by atoms with Crippen molar-refractivity contribution in [2.45, 2.75) is 31.3 Å². The number of phenols is 1. The quantitative estimate of drug-likeness (QED) is 0.179. The number of nitrogen functional groups attached to an aromatic ring is 1. The lowest BCUT2D eigenvalue weighted by molar-refractivity contribution is -0.159. The van der Waals surface area contributed by atoms with Gasteiger partial charge in [0, 0.05) is 49.1 Å². The van der Waals surface area contributed by atoms with Crippen molar-refractivity contribution in [1.82, 2.24) is 0 Å². The zero-order chi connectivity index (χ0) is 28.6. The maximum atomic E-state index is 13.7. The molecule has 10 heteroatoms. The monoisotopic (exact) mass is 533 g/mol. The van der Waals surface area contributed by atoms with Crippen LogP contribution in [0.25, 0.3) is 5.76 Å². The highest BCUT2D eigenvalue weighted by Crippen LogP contribution is 2.51. The van der Waals surface area contributed by atoms with Gasteiger partial charge in [-0.2, -0.15) is 0 Å². The Kier molecular flexibility index (Phi) is 7.41. The molecule has 8 N–H and O–H groups in total. The summed E-state index contributed by atoms with van der Waals surface area (Å²) in [5.41, 5.74) is 10.7. The number of carbonyl (C=O) groups is 3. The number of fused-ring (bicyclic) bond motifs is 2. The Morgan fingerprint density at radius 2 is 1.82 bits per heavy atom. The number of hydrogen-bond donors (Lipinski definition) is 6. The number of hydrogen-bond acceptors (Lipinski definition) is 9. The first-order valence-corrected chi connectivity index (χ1v) is 12.5. The van der Waals surface area contributed by atoms with Crippen LogP contribution in [-0.4, -0.2) is 64.2 Å². The minimum atomic E-state index is -2.65. The summed E-state index contributed by atoms with van der Waals surface area (Å²) in [4.78, 5) is 39.9. The summed E-state index contributed by atoms with van der Waals surface area (Å²) in [6, 6.07) is 8.53. The third kappa shape index (κ3) is 4.82. The van der Waals surface area contributed by atoms with Gasteiger partial charge in [-0.15, -0.1) is 0 Å². The lowest BCUT2D eigenvalue weighted by atomic mass is 9.61. The van der Waals surface area contributed by atoms with Crippen molar-refractivity contribution in [3.63, 3.8) is 0 Å². The van der Waals surface area contributed by atoms with Gasteiger partial charge in [0.1, 0.15) is 11.5 Å². The molecule has 204 valence electrons. The Labute approximate surface area is 225 Å². The number of aliphatic hydroxyl groups excluding tert-OH is 2. The van der Waals surface area contributed by atoms with E-state index < -0.39 is 53.7 Å². The first kappa shape index (κ1) is 27.7. The van der Waals surface area contributed by atoms with Crippen molar-refractivity contribution in [3.05, 3.63) is 58.2 Å². The summed E-state index contributed by atoms with van der Waals surface area (Å²) in [6.45, 7) is -0.405. The largest absolute Gasteiger partial charge is 0.507 e. The molecule has 0 heterocycles. The van der Waals surface area contributed by atoms with Crippen molar-refractivity contribution in [2.75, 3.05) is 31.3 Å². The minimum absolute atomic E-state index is 0.00675. The fourth-order valence-corrected chi connectivity index (χ4v) is 5.56. The number of anilines is 2. The van der Waals surface area contributed by atoms with Crippen molar-refractivity contribution in [2.24, 2.45) is 17.6 Å². The first-order chi connectivity index (χ1) is 18.4. The lowest BCUT2D eigenvalue weighted by Gasteiger charge is -2.44. The molecule has 0 bridgehead atoms. The second kappa shape index (κ2) is 10.4. The van der Waals surface area contributed by atoms with Crippen molar-refractivity contribution < 1.29 is 34.8 Å². The molecule has 2 aromatic carbocycles. The van der Waals surface area contributed by atoms with Crippen LogP contribution in [0.1, 0.15) is 41.5 Å². The molecule has 39 heavy (non-hydrogen) atoms. The van der Waals surface area contributed by atoms with E-state index in [2.05, 4.69) is 11.8 Å². The average Bonchev–Trinajstić information content (AvgIpc) is 2.87. The molecule has 2 aromatic rings. The number of primary amides is 1. The van der Waals surface area contributed by atoms with Gasteiger partial charge in [-0.1, -0.05) is 11.8 Å². The number of Topliss-reactive ketones (excluding diaryl/α,β-unsaturated/α-hetero) is 2. The van der Waals surface area contributed by atoms with Crippen molar-refractivity contribution in [1.29, 1.82) is 0 Å². The smallest absolute Gasteiger partial charge is 0.225 e. The second-order valence-electron chi connectivity index (χ2n) is 10.2. The van der Waals surface area contributed by atoms with Crippen LogP contribution in [-0.2, 0) is 20.8 Å². The third-order valence-corrected chi connectivity index (χ3v) is 7.46. The van der Waals surface area contributed by atoms with Crippen molar-refractivity contribution in [3.8, 4) is 17.6 Å². The molecule has 0 radical (unpaired) electrons. The third-order valence-electron chi connectivity index (χ3n) is 7.46. The highest BCUT2D eigenvalue weighted by Gasteiger charge is 2.57. The van der Waals surface area contributed by atoms with Crippen LogP contribution in [0, 0.1) is 23.7 Å². The standard InChI is InChI=1S/C29H31N3O7/c1-32(2)21-13-16(6-3-15-4-7-19(30)8-5-15)26(36)25-20(21)12-17-11-18(9-10-33)29(39,22(34)14-23(31)35)28(38)24(17)27(25)37/h4-5,7-8,13,17-18,33,36-37,39H,9-12,14,30H2,1-2H3,(H2,31,35)/t17?,18-,29-/m1/s1. The summed E-state index contributed by atoms with van der Waals surface area (Å²) in [7, 11) is 3.59. The molecule has 1 fully saturated rings. The van der Waals surface area contributed by atoms with E-state index in [-0.39, 0.29) is 41.7 Å². The number of ketones is 2. The molecule has 0 saturated heterocycles. The van der Waals surface area contributed by atoms with Crippen LogP contribution < -0.4 is 16.4 Å². The fraction of sp³-hybridized carbons (Fsp3) is 0.345. The van der Waals surface area contributed by atoms with Gasteiger partial charge in [-0.25, -0.2) is 0 Å². The normalized spacial score (nSPS) is 21.9. The Hall–Kier alpha value is -4.33. The first-order valence-electron chi connectivity index (χ1n) is 12.5. The summed E-state index contributed by atoms with van der Waals surface area (Å²) in [5, 5.41) is 43.6. The molecule has 4 rings (SSSR count). The van der Waals surface area contributed by atoms with Crippen LogP contribution in [0.5, 0.6) is 5.75 Å². The number of amides is 1. The predicted octanol–water partition coefficient (Wildman–Crippen LogP) is 1.03. The van der Waals surface area contributed by atoms with Gasteiger partial charge in [-0.3, -0.25) is 14.4 Å². The lowest BCUT2D eigenvalue weighted by Crippen LogP contribution is -2.59. The molecule has 1 unspecified atom stereocenters. The van der Waals surface area contributed by atoms with E-state index in [1.807, 2.05) is 0 Å². The molecule has 1 saturated carbocycles. The molecule has 2 aliphatic carbocycles. The fourth-order valence-electron chi connectivity index (χ4n) is 5.56. The highest BCUT2D eigenvalue weighted by atomic mass is 16.3. The van der Waals surface area contributed by atoms with E-state index >= 15 is 0 Å². The summed E-state index contributed by atoms with van der Waals surface area (Å²) >= 11 is 0. The summed E-state index contributed by atoms with van der Waals surface area (Å²) < 4.78 is 0. The molecule has 3 atom stereocenters. The zero-order valence-electron chi connectivity index (χ0n) is 21.7. The van der Waals surface area contributed by atoms with Gasteiger partial charge >= 0.3 is 0 Å². The molecular weight excluding hydrogens is 502 g/mol. The van der Waals surface area contributed by atoms with Crippen LogP contribution >= 0.6 is 0 Å².